The Morgan fingerprint density at radius 1 is 1.08 bits per heavy atom. The highest BCUT2D eigenvalue weighted by Gasteiger charge is 2.12. The van der Waals surface area contributed by atoms with Crippen molar-refractivity contribution >= 4 is 22.6 Å². The van der Waals surface area contributed by atoms with Crippen LogP contribution in [0.1, 0.15) is 22.8 Å². The standard InChI is InChI=1S/C19H15F2NO2/c1-3-24-19(23)15-5-7-18-14(10-15)8-9-22(18)12(2)13-4-6-16(20)17(21)11-13/h4-11H,2-3H2,1H3. The van der Waals surface area contributed by atoms with E-state index in [1.165, 1.54) is 6.07 Å². The third-order valence-electron chi connectivity index (χ3n) is 3.74. The van der Waals surface area contributed by atoms with Gasteiger partial charge in [0.25, 0.3) is 0 Å². The van der Waals surface area contributed by atoms with Crippen LogP contribution < -0.4 is 0 Å². The Bertz CT molecular complexity index is 944. The molecule has 0 fully saturated rings. The maximum Gasteiger partial charge on any atom is 0.338 e. The zero-order chi connectivity index (χ0) is 17.3. The van der Waals surface area contributed by atoms with Gasteiger partial charge in [-0.2, -0.15) is 0 Å². The molecular weight excluding hydrogens is 312 g/mol. The second-order valence-electron chi connectivity index (χ2n) is 5.26. The molecule has 0 aliphatic heterocycles. The fraction of sp³-hybridized carbons (Fsp3) is 0.105. The van der Waals surface area contributed by atoms with Crippen LogP contribution >= 0.6 is 0 Å². The van der Waals surface area contributed by atoms with E-state index in [0.717, 1.165) is 23.0 Å². The molecule has 0 radical (unpaired) electrons. The van der Waals surface area contributed by atoms with E-state index in [2.05, 4.69) is 6.58 Å². The van der Waals surface area contributed by atoms with Gasteiger partial charge in [-0.3, -0.25) is 0 Å². The van der Waals surface area contributed by atoms with E-state index in [-0.39, 0.29) is 5.97 Å². The topological polar surface area (TPSA) is 31.2 Å². The number of halogens is 2. The quantitative estimate of drug-likeness (QED) is 0.655. The van der Waals surface area contributed by atoms with Gasteiger partial charge in [0, 0.05) is 22.8 Å². The SMILES string of the molecule is C=C(c1ccc(F)c(F)c1)n1ccc2cc(C(=O)OCC)ccc21. The van der Waals surface area contributed by atoms with Crippen LogP contribution in [0.5, 0.6) is 0 Å². The Labute approximate surface area is 137 Å². The fourth-order valence-corrected chi connectivity index (χ4v) is 2.53. The smallest absolute Gasteiger partial charge is 0.338 e. The number of nitrogens with zero attached hydrogens (tertiary/aromatic N) is 1. The number of aromatic nitrogens is 1. The third-order valence-corrected chi connectivity index (χ3v) is 3.74. The van der Waals surface area contributed by atoms with Crippen molar-refractivity contribution in [2.75, 3.05) is 6.61 Å². The number of hydrogen-bond acceptors (Lipinski definition) is 2. The highest BCUT2D eigenvalue weighted by Crippen LogP contribution is 2.25. The Kier molecular flexibility index (Phi) is 4.16. The molecule has 2 aromatic carbocycles. The molecule has 24 heavy (non-hydrogen) atoms. The molecule has 0 saturated heterocycles. The van der Waals surface area contributed by atoms with Crippen molar-refractivity contribution in [3.63, 3.8) is 0 Å². The average Bonchev–Trinajstić information content (AvgIpc) is 3.00. The lowest BCUT2D eigenvalue weighted by Gasteiger charge is -2.10. The molecule has 0 spiro atoms. The van der Waals surface area contributed by atoms with E-state index in [0.29, 0.717) is 23.4 Å². The first-order valence-electron chi connectivity index (χ1n) is 7.44. The first kappa shape index (κ1) is 15.9. The van der Waals surface area contributed by atoms with E-state index in [4.69, 9.17) is 4.74 Å². The summed E-state index contributed by atoms with van der Waals surface area (Å²) < 4.78 is 33.3. The second kappa shape index (κ2) is 6.28. The molecule has 0 bridgehead atoms. The molecule has 0 atom stereocenters. The molecule has 3 aromatic rings. The lowest BCUT2D eigenvalue weighted by Crippen LogP contribution is -2.04. The van der Waals surface area contributed by atoms with Crippen LogP contribution in [0.25, 0.3) is 16.6 Å². The number of hydrogen-bond donors (Lipinski definition) is 0. The van der Waals surface area contributed by atoms with Crippen LogP contribution in [0.2, 0.25) is 0 Å². The number of esters is 1. The molecule has 3 nitrogen and oxygen atoms in total. The predicted molar refractivity (Wildman–Crippen MR) is 88.7 cm³/mol. The Morgan fingerprint density at radius 3 is 2.54 bits per heavy atom. The lowest BCUT2D eigenvalue weighted by atomic mass is 10.1. The molecule has 0 saturated carbocycles. The van der Waals surface area contributed by atoms with Gasteiger partial charge in [0.1, 0.15) is 0 Å². The summed E-state index contributed by atoms with van der Waals surface area (Å²) in [5.41, 5.74) is 2.24. The van der Waals surface area contributed by atoms with E-state index in [1.54, 1.807) is 35.9 Å². The third kappa shape index (κ3) is 2.80. The fourth-order valence-electron chi connectivity index (χ4n) is 2.53. The minimum absolute atomic E-state index is 0.310. The van der Waals surface area contributed by atoms with Gasteiger partial charge in [0.2, 0.25) is 0 Å². The van der Waals surface area contributed by atoms with Gasteiger partial charge in [-0.1, -0.05) is 6.58 Å². The van der Waals surface area contributed by atoms with E-state index >= 15 is 0 Å². The summed E-state index contributed by atoms with van der Waals surface area (Å²) >= 11 is 0. The van der Waals surface area contributed by atoms with Gasteiger partial charge in [-0.25, -0.2) is 13.6 Å². The minimum Gasteiger partial charge on any atom is -0.462 e. The molecule has 0 N–H and O–H groups in total. The highest BCUT2D eigenvalue weighted by molar-refractivity contribution is 5.95. The summed E-state index contributed by atoms with van der Waals surface area (Å²) in [5, 5.41) is 0.823. The van der Waals surface area contributed by atoms with Crippen LogP contribution in [-0.4, -0.2) is 17.1 Å². The maximum atomic E-state index is 13.4. The Hall–Kier alpha value is -2.95. The van der Waals surface area contributed by atoms with Gasteiger partial charge in [-0.15, -0.1) is 0 Å². The first-order chi connectivity index (χ1) is 11.5. The first-order valence-corrected chi connectivity index (χ1v) is 7.44. The van der Waals surface area contributed by atoms with Gasteiger partial charge in [0.15, 0.2) is 11.6 Å². The molecular formula is C19H15F2NO2. The summed E-state index contributed by atoms with van der Waals surface area (Å²) in [4.78, 5) is 11.8. The molecule has 0 amide bonds. The average molecular weight is 327 g/mol. The highest BCUT2D eigenvalue weighted by atomic mass is 19.2. The number of fused-ring (bicyclic) bond motifs is 1. The second-order valence-corrected chi connectivity index (χ2v) is 5.26. The molecule has 5 heteroatoms. The van der Waals surface area contributed by atoms with Crippen molar-refractivity contribution in [1.29, 1.82) is 0 Å². The van der Waals surface area contributed by atoms with E-state index in [1.807, 2.05) is 6.07 Å². The molecule has 0 aliphatic rings. The number of carbonyl (C=O) groups excluding carboxylic acids is 1. The van der Waals surface area contributed by atoms with Crippen molar-refractivity contribution in [2.45, 2.75) is 6.92 Å². The van der Waals surface area contributed by atoms with Crippen molar-refractivity contribution in [1.82, 2.24) is 4.57 Å². The summed E-state index contributed by atoms with van der Waals surface area (Å²) in [7, 11) is 0. The molecule has 1 heterocycles. The minimum atomic E-state index is -0.922. The Balaban J connectivity index is 1.99. The normalized spacial score (nSPS) is 10.8. The van der Waals surface area contributed by atoms with Crippen LogP contribution in [-0.2, 0) is 4.74 Å². The molecule has 0 aliphatic carbocycles. The summed E-state index contributed by atoms with van der Waals surface area (Å²) in [6.07, 6.45) is 1.77. The van der Waals surface area contributed by atoms with Crippen molar-refractivity contribution in [3.05, 3.63) is 78.0 Å². The lowest BCUT2D eigenvalue weighted by molar-refractivity contribution is 0.0526. The van der Waals surface area contributed by atoms with Gasteiger partial charge < -0.3 is 9.30 Å². The Morgan fingerprint density at radius 2 is 1.83 bits per heavy atom. The van der Waals surface area contributed by atoms with E-state index < -0.39 is 11.6 Å². The van der Waals surface area contributed by atoms with Gasteiger partial charge in [0.05, 0.1) is 17.7 Å². The zero-order valence-corrected chi connectivity index (χ0v) is 13.1. The number of ether oxygens (including phenoxy) is 1. The largest absolute Gasteiger partial charge is 0.462 e. The van der Waals surface area contributed by atoms with E-state index in [9.17, 15) is 13.6 Å². The monoisotopic (exact) mass is 327 g/mol. The molecule has 122 valence electrons. The molecule has 3 rings (SSSR count). The number of benzene rings is 2. The van der Waals surface area contributed by atoms with Crippen LogP contribution in [0.3, 0.4) is 0 Å². The number of carbonyl (C=O) groups is 1. The predicted octanol–water partition coefficient (Wildman–Crippen LogP) is 4.62. The molecule has 0 unspecified atom stereocenters. The zero-order valence-electron chi connectivity index (χ0n) is 13.1. The van der Waals surface area contributed by atoms with Crippen LogP contribution in [0.15, 0.2) is 55.2 Å². The maximum absolute atomic E-state index is 13.4. The van der Waals surface area contributed by atoms with Crippen molar-refractivity contribution in [3.8, 4) is 0 Å². The number of rotatable bonds is 4. The summed E-state index contributed by atoms with van der Waals surface area (Å²) in [6, 6.07) is 10.6. The van der Waals surface area contributed by atoms with Gasteiger partial charge in [-0.05, 0) is 49.4 Å². The van der Waals surface area contributed by atoms with Crippen LogP contribution in [0, 0.1) is 11.6 Å². The van der Waals surface area contributed by atoms with Crippen molar-refractivity contribution < 1.29 is 18.3 Å². The summed E-state index contributed by atoms with van der Waals surface area (Å²) in [6.45, 7) is 6.02. The van der Waals surface area contributed by atoms with Crippen molar-refractivity contribution in [2.24, 2.45) is 0 Å². The van der Waals surface area contributed by atoms with Crippen LogP contribution in [0.4, 0.5) is 8.78 Å². The van der Waals surface area contributed by atoms with Gasteiger partial charge >= 0.3 is 5.97 Å². The summed E-state index contributed by atoms with van der Waals surface area (Å²) in [5.74, 6) is -2.20. The molecule has 1 aromatic heterocycles.